The van der Waals surface area contributed by atoms with E-state index in [4.69, 9.17) is 0 Å². The molecule has 0 atom stereocenters. The first-order chi connectivity index (χ1) is 9.74. The Labute approximate surface area is 125 Å². The van der Waals surface area contributed by atoms with E-state index < -0.39 is 0 Å². The van der Waals surface area contributed by atoms with E-state index in [1.807, 2.05) is 17.0 Å². The predicted molar refractivity (Wildman–Crippen MR) is 80.6 cm³/mol. The summed E-state index contributed by atoms with van der Waals surface area (Å²) in [5.74, 6) is 1.13. The summed E-state index contributed by atoms with van der Waals surface area (Å²) in [7, 11) is 0. The first-order valence-electron chi connectivity index (χ1n) is 6.46. The molecule has 0 aliphatic carbocycles. The summed E-state index contributed by atoms with van der Waals surface area (Å²) in [5.41, 5.74) is 0. The maximum absolute atomic E-state index is 13.7. The van der Waals surface area contributed by atoms with Crippen molar-refractivity contribution in [3.63, 3.8) is 0 Å². The van der Waals surface area contributed by atoms with E-state index in [0.717, 1.165) is 36.5 Å². The molecule has 20 heavy (non-hydrogen) atoms. The zero-order valence-corrected chi connectivity index (χ0v) is 12.4. The number of hydrogen-bond acceptors (Lipinski definition) is 4. The summed E-state index contributed by atoms with van der Waals surface area (Å²) < 4.78 is 14.7. The Morgan fingerprint density at radius 1 is 1.00 bits per heavy atom. The Bertz CT molecular complexity index is 582. The van der Waals surface area contributed by atoms with E-state index in [1.165, 1.54) is 6.07 Å². The zero-order chi connectivity index (χ0) is 13.9. The Kier molecular flexibility index (Phi) is 3.82. The van der Waals surface area contributed by atoms with Gasteiger partial charge in [-0.25, -0.2) is 14.4 Å². The van der Waals surface area contributed by atoms with Gasteiger partial charge in [0, 0.05) is 43.0 Å². The molecule has 104 valence electrons. The minimum absolute atomic E-state index is 0.261. The molecular weight excluding hydrogens is 323 g/mol. The van der Waals surface area contributed by atoms with Crippen LogP contribution in [0.1, 0.15) is 0 Å². The molecule has 1 aliphatic rings. The number of rotatable bonds is 2. The summed E-state index contributed by atoms with van der Waals surface area (Å²) in [6, 6.07) is 7.03. The molecule has 0 unspecified atom stereocenters. The van der Waals surface area contributed by atoms with Gasteiger partial charge in [0.2, 0.25) is 0 Å². The van der Waals surface area contributed by atoms with Crippen LogP contribution in [0, 0.1) is 5.82 Å². The molecular formula is C14H14BrFN4. The highest BCUT2D eigenvalue weighted by Gasteiger charge is 2.20. The fourth-order valence-electron chi connectivity index (χ4n) is 2.31. The van der Waals surface area contributed by atoms with Crippen LogP contribution in [0.15, 0.2) is 41.1 Å². The van der Waals surface area contributed by atoms with Crippen molar-refractivity contribution in [1.29, 1.82) is 0 Å². The number of hydrogen-bond donors (Lipinski definition) is 0. The van der Waals surface area contributed by atoms with Crippen LogP contribution in [0.4, 0.5) is 16.0 Å². The fourth-order valence-corrected chi connectivity index (χ4v) is 2.55. The summed E-state index contributed by atoms with van der Waals surface area (Å²) in [6.45, 7) is 3.10. The molecule has 4 nitrogen and oxygen atoms in total. The predicted octanol–water partition coefficient (Wildman–Crippen LogP) is 2.70. The average Bonchev–Trinajstić information content (AvgIpc) is 2.49. The number of anilines is 2. The van der Waals surface area contributed by atoms with E-state index in [2.05, 4.69) is 30.8 Å². The molecule has 1 fully saturated rings. The molecule has 3 rings (SSSR count). The second-order valence-corrected chi connectivity index (χ2v) is 5.53. The van der Waals surface area contributed by atoms with Crippen LogP contribution in [0.5, 0.6) is 0 Å². The van der Waals surface area contributed by atoms with Gasteiger partial charge in [0.05, 0.1) is 0 Å². The minimum atomic E-state index is -0.261. The van der Waals surface area contributed by atoms with Crippen LogP contribution in [-0.4, -0.2) is 36.1 Å². The van der Waals surface area contributed by atoms with Crippen molar-refractivity contribution in [2.75, 3.05) is 36.0 Å². The lowest BCUT2D eigenvalue weighted by molar-refractivity contribution is 0.587. The van der Waals surface area contributed by atoms with Crippen molar-refractivity contribution in [1.82, 2.24) is 9.97 Å². The average molecular weight is 337 g/mol. The molecule has 0 N–H and O–H groups in total. The van der Waals surface area contributed by atoms with Crippen molar-refractivity contribution in [2.45, 2.75) is 0 Å². The molecule has 0 aromatic carbocycles. The molecule has 0 radical (unpaired) electrons. The molecule has 0 spiro atoms. The van der Waals surface area contributed by atoms with Gasteiger partial charge in [-0.05, 0) is 40.2 Å². The van der Waals surface area contributed by atoms with Crippen LogP contribution in [0.2, 0.25) is 0 Å². The first kappa shape index (κ1) is 13.3. The van der Waals surface area contributed by atoms with E-state index in [9.17, 15) is 4.39 Å². The van der Waals surface area contributed by atoms with Crippen LogP contribution < -0.4 is 9.80 Å². The Balaban J connectivity index is 1.68. The van der Waals surface area contributed by atoms with Crippen molar-refractivity contribution in [3.8, 4) is 0 Å². The molecule has 0 bridgehead atoms. The van der Waals surface area contributed by atoms with Gasteiger partial charge in [-0.1, -0.05) is 0 Å². The third-order valence-corrected chi connectivity index (χ3v) is 3.82. The van der Waals surface area contributed by atoms with Crippen molar-refractivity contribution >= 4 is 27.6 Å². The van der Waals surface area contributed by atoms with Crippen LogP contribution in [0.25, 0.3) is 0 Å². The Morgan fingerprint density at radius 3 is 2.40 bits per heavy atom. The number of halogens is 2. The second kappa shape index (κ2) is 5.75. The molecule has 6 heteroatoms. The highest BCUT2D eigenvalue weighted by Crippen LogP contribution is 2.20. The van der Waals surface area contributed by atoms with Crippen molar-refractivity contribution in [2.24, 2.45) is 0 Å². The smallest absolute Gasteiger partial charge is 0.165 e. The van der Waals surface area contributed by atoms with E-state index in [-0.39, 0.29) is 5.82 Å². The lowest BCUT2D eigenvalue weighted by Crippen LogP contribution is -2.47. The van der Waals surface area contributed by atoms with Gasteiger partial charge in [-0.3, -0.25) is 0 Å². The summed E-state index contributed by atoms with van der Waals surface area (Å²) in [6.07, 6.45) is 3.42. The lowest BCUT2D eigenvalue weighted by atomic mass is 10.3. The molecule has 2 aromatic rings. The summed E-state index contributed by atoms with van der Waals surface area (Å²) in [4.78, 5) is 12.7. The van der Waals surface area contributed by atoms with Crippen molar-refractivity contribution < 1.29 is 4.39 Å². The number of aromatic nitrogens is 2. The highest BCUT2D eigenvalue weighted by molar-refractivity contribution is 9.10. The topological polar surface area (TPSA) is 32.3 Å². The summed E-state index contributed by atoms with van der Waals surface area (Å²) in [5, 5.41) is 0. The van der Waals surface area contributed by atoms with E-state index >= 15 is 0 Å². The number of piperazine rings is 1. The SMILES string of the molecule is Fc1cccnc1N1CCN(c2ccc(Br)cn2)CC1. The lowest BCUT2D eigenvalue weighted by Gasteiger charge is -2.36. The third-order valence-electron chi connectivity index (χ3n) is 3.35. The fraction of sp³-hybridized carbons (Fsp3) is 0.286. The maximum Gasteiger partial charge on any atom is 0.165 e. The van der Waals surface area contributed by atoms with E-state index in [0.29, 0.717) is 5.82 Å². The van der Waals surface area contributed by atoms with Gasteiger partial charge in [0.25, 0.3) is 0 Å². The highest BCUT2D eigenvalue weighted by atomic mass is 79.9. The molecule has 0 saturated carbocycles. The molecule has 3 heterocycles. The number of pyridine rings is 2. The van der Waals surface area contributed by atoms with Gasteiger partial charge in [0.15, 0.2) is 11.6 Å². The van der Waals surface area contributed by atoms with Crippen molar-refractivity contribution in [3.05, 3.63) is 46.9 Å². The third kappa shape index (κ3) is 2.75. The van der Waals surface area contributed by atoms with Gasteiger partial charge < -0.3 is 9.80 Å². The van der Waals surface area contributed by atoms with E-state index in [1.54, 1.807) is 18.5 Å². The second-order valence-electron chi connectivity index (χ2n) is 4.62. The summed E-state index contributed by atoms with van der Waals surface area (Å²) >= 11 is 3.38. The molecule has 0 amide bonds. The molecule has 1 saturated heterocycles. The zero-order valence-electron chi connectivity index (χ0n) is 10.8. The van der Waals surface area contributed by atoms with Crippen LogP contribution in [-0.2, 0) is 0 Å². The minimum Gasteiger partial charge on any atom is -0.353 e. The van der Waals surface area contributed by atoms with Gasteiger partial charge in [-0.15, -0.1) is 0 Å². The van der Waals surface area contributed by atoms with Crippen LogP contribution in [0.3, 0.4) is 0 Å². The monoisotopic (exact) mass is 336 g/mol. The van der Waals surface area contributed by atoms with Crippen LogP contribution >= 0.6 is 15.9 Å². The normalized spacial score (nSPS) is 15.5. The molecule has 2 aromatic heterocycles. The largest absolute Gasteiger partial charge is 0.353 e. The first-order valence-corrected chi connectivity index (χ1v) is 7.25. The Hall–Kier alpha value is -1.69. The quantitative estimate of drug-likeness (QED) is 0.844. The van der Waals surface area contributed by atoms with Gasteiger partial charge in [-0.2, -0.15) is 0 Å². The standard InChI is InChI=1S/C14H14BrFN4/c15-11-3-4-13(18-10-11)19-6-8-20(9-7-19)14-12(16)2-1-5-17-14/h1-5,10H,6-9H2. The number of nitrogens with zero attached hydrogens (tertiary/aromatic N) is 4. The molecule has 1 aliphatic heterocycles. The maximum atomic E-state index is 13.7. The van der Waals surface area contributed by atoms with Gasteiger partial charge >= 0.3 is 0 Å². The van der Waals surface area contributed by atoms with Gasteiger partial charge in [0.1, 0.15) is 5.82 Å². The Morgan fingerprint density at radius 2 is 1.75 bits per heavy atom.